The van der Waals surface area contributed by atoms with Crippen molar-refractivity contribution in [1.82, 2.24) is 14.9 Å². The molecule has 0 radical (unpaired) electrons. The first-order chi connectivity index (χ1) is 7.78. The average molecular weight is 222 g/mol. The average Bonchev–Trinajstić information content (AvgIpc) is 2.73. The molecule has 0 saturated carbocycles. The summed E-state index contributed by atoms with van der Waals surface area (Å²) in [6.07, 6.45) is 2.95. The smallest absolute Gasteiger partial charge is 0.225 e. The maximum atomic E-state index is 5.04. The Labute approximate surface area is 95.8 Å². The first-order valence-electron chi connectivity index (χ1n) is 5.57. The van der Waals surface area contributed by atoms with Gasteiger partial charge in [-0.05, 0) is 25.9 Å². The second-order valence-electron chi connectivity index (χ2n) is 4.22. The molecule has 0 amide bonds. The van der Waals surface area contributed by atoms with Gasteiger partial charge in [0.25, 0.3) is 0 Å². The molecule has 0 bridgehead atoms. The van der Waals surface area contributed by atoms with E-state index in [-0.39, 0.29) is 0 Å². The van der Waals surface area contributed by atoms with Gasteiger partial charge < -0.3 is 15.0 Å². The summed E-state index contributed by atoms with van der Waals surface area (Å²) in [5.74, 6) is 1.94. The number of aromatic nitrogens is 2. The topological polar surface area (TPSA) is 50.3 Å². The number of nitrogens with zero attached hydrogens (tertiary/aromatic N) is 3. The number of nitrogens with one attached hydrogen (secondary N) is 1. The number of ether oxygens (including phenoxy) is 1. The number of hydrogen-bond donors (Lipinski definition) is 1. The van der Waals surface area contributed by atoms with E-state index >= 15 is 0 Å². The second-order valence-corrected chi connectivity index (χ2v) is 4.22. The lowest BCUT2D eigenvalue weighted by Crippen LogP contribution is -2.19. The van der Waals surface area contributed by atoms with Crippen molar-refractivity contribution < 1.29 is 4.74 Å². The Morgan fingerprint density at radius 3 is 3.19 bits per heavy atom. The molecular formula is C11H18N4O. The summed E-state index contributed by atoms with van der Waals surface area (Å²) in [5, 5.41) is 3.25. The summed E-state index contributed by atoms with van der Waals surface area (Å²) in [6, 6.07) is 1.74. The van der Waals surface area contributed by atoms with Gasteiger partial charge in [0, 0.05) is 25.4 Å². The van der Waals surface area contributed by atoms with Crippen LogP contribution in [-0.2, 0) is 0 Å². The summed E-state index contributed by atoms with van der Waals surface area (Å²) >= 11 is 0. The highest BCUT2D eigenvalue weighted by Gasteiger charge is 2.19. The molecule has 16 heavy (non-hydrogen) atoms. The molecule has 1 fully saturated rings. The van der Waals surface area contributed by atoms with Gasteiger partial charge in [0.2, 0.25) is 11.8 Å². The zero-order valence-electron chi connectivity index (χ0n) is 9.81. The fraction of sp³-hybridized carbons (Fsp3) is 0.636. The van der Waals surface area contributed by atoms with Crippen LogP contribution in [0.1, 0.15) is 6.42 Å². The van der Waals surface area contributed by atoms with Gasteiger partial charge in [-0.2, -0.15) is 4.98 Å². The van der Waals surface area contributed by atoms with Gasteiger partial charge in [-0.1, -0.05) is 0 Å². The Bertz CT molecular complexity index is 345. The van der Waals surface area contributed by atoms with Crippen LogP contribution in [0.2, 0.25) is 0 Å². The Balaban J connectivity index is 1.84. The number of anilines is 1. The summed E-state index contributed by atoms with van der Waals surface area (Å²) in [5.41, 5.74) is 0. The predicted octanol–water partition coefficient (Wildman–Crippen LogP) is 0.849. The third-order valence-electron chi connectivity index (χ3n) is 2.88. The van der Waals surface area contributed by atoms with Crippen molar-refractivity contribution >= 4 is 5.95 Å². The van der Waals surface area contributed by atoms with Crippen LogP contribution in [0.3, 0.4) is 0 Å². The van der Waals surface area contributed by atoms with Crippen LogP contribution < -0.4 is 10.1 Å². The van der Waals surface area contributed by atoms with E-state index in [1.165, 1.54) is 13.0 Å². The van der Waals surface area contributed by atoms with Crippen LogP contribution in [-0.4, -0.2) is 48.7 Å². The number of hydrogen-bond acceptors (Lipinski definition) is 5. The fourth-order valence-corrected chi connectivity index (χ4v) is 1.97. The number of likely N-dealkylation sites (tertiary alicyclic amines) is 1. The van der Waals surface area contributed by atoms with Gasteiger partial charge in [-0.25, -0.2) is 4.98 Å². The fourth-order valence-electron chi connectivity index (χ4n) is 1.97. The van der Waals surface area contributed by atoms with E-state index in [0.29, 0.717) is 17.7 Å². The van der Waals surface area contributed by atoms with Crippen molar-refractivity contribution in [3.8, 4) is 5.88 Å². The highest BCUT2D eigenvalue weighted by molar-refractivity contribution is 5.27. The van der Waals surface area contributed by atoms with Gasteiger partial charge in [-0.3, -0.25) is 0 Å². The van der Waals surface area contributed by atoms with Crippen molar-refractivity contribution in [2.75, 3.05) is 39.1 Å². The van der Waals surface area contributed by atoms with Crippen LogP contribution >= 0.6 is 0 Å². The molecule has 1 unspecified atom stereocenters. The molecule has 1 N–H and O–H groups in total. The first kappa shape index (κ1) is 11.1. The van der Waals surface area contributed by atoms with E-state index in [1.54, 1.807) is 19.4 Å². The van der Waals surface area contributed by atoms with Crippen molar-refractivity contribution in [2.24, 2.45) is 5.92 Å². The molecule has 2 rings (SSSR count). The second kappa shape index (κ2) is 5.12. The summed E-state index contributed by atoms with van der Waals surface area (Å²) in [4.78, 5) is 10.7. The molecule has 1 aromatic heterocycles. The summed E-state index contributed by atoms with van der Waals surface area (Å²) < 4.78 is 5.04. The standard InChI is InChI=1S/C11H18N4O/c1-15-6-4-9(8-15)7-13-11-12-5-3-10(14-11)16-2/h3,5,9H,4,6-8H2,1-2H3,(H,12,13,14). The molecule has 1 saturated heterocycles. The number of rotatable bonds is 4. The van der Waals surface area contributed by atoms with E-state index in [0.717, 1.165) is 13.1 Å². The third kappa shape index (κ3) is 2.82. The molecule has 5 nitrogen and oxygen atoms in total. The van der Waals surface area contributed by atoms with Gasteiger partial charge >= 0.3 is 0 Å². The molecule has 0 aliphatic carbocycles. The SMILES string of the molecule is COc1ccnc(NCC2CCN(C)C2)n1. The molecule has 2 heterocycles. The van der Waals surface area contributed by atoms with Crippen LogP contribution in [0.25, 0.3) is 0 Å². The minimum Gasteiger partial charge on any atom is -0.481 e. The monoisotopic (exact) mass is 222 g/mol. The third-order valence-corrected chi connectivity index (χ3v) is 2.88. The van der Waals surface area contributed by atoms with Crippen molar-refractivity contribution in [2.45, 2.75) is 6.42 Å². The molecule has 88 valence electrons. The van der Waals surface area contributed by atoms with E-state index in [4.69, 9.17) is 4.74 Å². The molecule has 0 aromatic carbocycles. The van der Waals surface area contributed by atoms with E-state index in [1.807, 2.05) is 0 Å². The van der Waals surface area contributed by atoms with E-state index in [9.17, 15) is 0 Å². The Morgan fingerprint density at radius 2 is 2.50 bits per heavy atom. The zero-order valence-corrected chi connectivity index (χ0v) is 9.81. The van der Waals surface area contributed by atoms with Crippen molar-refractivity contribution in [1.29, 1.82) is 0 Å². The minimum atomic E-state index is 0.598. The largest absolute Gasteiger partial charge is 0.481 e. The molecule has 5 heteroatoms. The molecule has 1 aromatic rings. The zero-order chi connectivity index (χ0) is 11.4. The normalized spacial score (nSPS) is 21.0. The molecular weight excluding hydrogens is 204 g/mol. The van der Waals surface area contributed by atoms with Crippen molar-refractivity contribution in [3.63, 3.8) is 0 Å². The van der Waals surface area contributed by atoms with E-state index in [2.05, 4.69) is 27.2 Å². The van der Waals surface area contributed by atoms with E-state index < -0.39 is 0 Å². The molecule has 1 atom stereocenters. The lowest BCUT2D eigenvalue weighted by atomic mass is 10.1. The first-order valence-corrected chi connectivity index (χ1v) is 5.57. The Morgan fingerprint density at radius 1 is 1.62 bits per heavy atom. The highest BCUT2D eigenvalue weighted by Crippen LogP contribution is 2.15. The molecule has 1 aliphatic rings. The van der Waals surface area contributed by atoms with Gasteiger partial charge in [0.05, 0.1) is 7.11 Å². The highest BCUT2D eigenvalue weighted by atomic mass is 16.5. The Hall–Kier alpha value is -1.36. The van der Waals surface area contributed by atoms with Crippen LogP contribution in [0.4, 0.5) is 5.95 Å². The predicted molar refractivity (Wildman–Crippen MR) is 62.7 cm³/mol. The van der Waals surface area contributed by atoms with Crippen LogP contribution in [0.5, 0.6) is 5.88 Å². The number of methoxy groups -OCH3 is 1. The summed E-state index contributed by atoms with van der Waals surface area (Å²) in [6.45, 7) is 3.26. The van der Waals surface area contributed by atoms with Crippen LogP contribution in [0.15, 0.2) is 12.3 Å². The maximum absolute atomic E-state index is 5.04. The molecule has 0 spiro atoms. The Kier molecular flexibility index (Phi) is 3.56. The summed E-state index contributed by atoms with van der Waals surface area (Å²) in [7, 11) is 3.76. The quantitative estimate of drug-likeness (QED) is 0.818. The van der Waals surface area contributed by atoms with Gasteiger partial charge in [0.1, 0.15) is 0 Å². The lowest BCUT2D eigenvalue weighted by Gasteiger charge is -2.11. The minimum absolute atomic E-state index is 0.598. The van der Waals surface area contributed by atoms with Crippen LogP contribution in [0, 0.1) is 5.92 Å². The van der Waals surface area contributed by atoms with Gasteiger partial charge in [-0.15, -0.1) is 0 Å². The van der Waals surface area contributed by atoms with Gasteiger partial charge in [0.15, 0.2) is 0 Å². The molecule has 1 aliphatic heterocycles. The van der Waals surface area contributed by atoms with Crippen molar-refractivity contribution in [3.05, 3.63) is 12.3 Å². The maximum Gasteiger partial charge on any atom is 0.225 e. The lowest BCUT2D eigenvalue weighted by molar-refractivity contribution is 0.395.